The third kappa shape index (κ3) is 24.2. The largest absolute Gasteiger partial charge is 0.481 e. The van der Waals surface area contributed by atoms with E-state index in [9.17, 15) is 19.2 Å². The van der Waals surface area contributed by atoms with Crippen molar-refractivity contribution in [3.63, 3.8) is 0 Å². The molecule has 0 radical (unpaired) electrons. The lowest BCUT2D eigenvalue weighted by Crippen LogP contribution is -2.00. The molecule has 1 aromatic rings. The molecule has 0 saturated carbocycles. The molecule has 1 rings (SSSR count). The summed E-state index contributed by atoms with van der Waals surface area (Å²) in [4.78, 5) is 45.9. The Balaban J connectivity index is 0. The fourth-order valence-corrected chi connectivity index (χ4v) is 0.738. The van der Waals surface area contributed by atoms with Gasteiger partial charge in [0.25, 0.3) is 0 Å². The van der Waals surface area contributed by atoms with Crippen molar-refractivity contribution in [1.82, 2.24) is 9.97 Å². The molecule has 0 fully saturated rings. The number of anilines is 1. The van der Waals surface area contributed by atoms with Crippen LogP contribution in [0.4, 0.5) is 5.95 Å². The highest BCUT2D eigenvalue weighted by molar-refractivity contribution is 5.75. The van der Waals surface area contributed by atoms with E-state index in [0.717, 1.165) is 0 Å². The maximum absolute atomic E-state index is 9.64. The molecule has 0 aliphatic carbocycles. The van der Waals surface area contributed by atoms with Gasteiger partial charge in [0.1, 0.15) is 0 Å². The second-order valence-electron chi connectivity index (χ2n) is 3.68. The van der Waals surface area contributed by atoms with Gasteiger partial charge < -0.3 is 26.2 Å². The summed E-state index contributed by atoms with van der Waals surface area (Å²) in [6.45, 7) is 0. The monoisotopic (exact) mass is 331 g/mol. The topological polar surface area (TPSA) is 201 Å². The summed E-state index contributed by atoms with van der Waals surface area (Å²) in [5.74, 6) is -3.98. The molecule has 0 atom stereocenters. The smallest absolute Gasteiger partial charge is 0.303 e. The highest BCUT2D eigenvalue weighted by Gasteiger charge is 2.01. The average molecular weight is 331 g/mol. The van der Waals surface area contributed by atoms with Crippen LogP contribution >= 0.6 is 0 Å². The van der Waals surface area contributed by atoms with Crippen LogP contribution in [-0.4, -0.2) is 54.3 Å². The van der Waals surface area contributed by atoms with Crippen molar-refractivity contribution in [2.45, 2.75) is 25.7 Å². The minimum Gasteiger partial charge on any atom is -0.481 e. The number of nitrogens with zero attached hydrogens (tertiary/aromatic N) is 2. The predicted octanol–water partition coefficient (Wildman–Crippen LogP) is -0.0696. The van der Waals surface area contributed by atoms with Crippen LogP contribution in [0.25, 0.3) is 0 Å². The standard InChI is InChI=1S/C4H5N3.2C4H6O4/c5-4-6-2-1-3-7-4;2*5-3(6)1-2-4(7)8/h1-3H,(H2,5,6,7);2*1-2H2,(H,5,6)(H,7,8). The Hall–Kier alpha value is -3.24. The van der Waals surface area contributed by atoms with E-state index >= 15 is 0 Å². The quantitative estimate of drug-likeness (QED) is 0.467. The van der Waals surface area contributed by atoms with Gasteiger partial charge >= 0.3 is 23.9 Å². The van der Waals surface area contributed by atoms with E-state index in [-0.39, 0.29) is 25.7 Å². The first-order chi connectivity index (χ1) is 10.6. The van der Waals surface area contributed by atoms with Crippen LogP contribution in [0.5, 0.6) is 0 Å². The minimum absolute atomic E-state index is 0.296. The molecule has 128 valence electrons. The van der Waals surface area contributed by atoms with E-state index in [2.05, 4.69) is 9.97 Å². The Labute approximate surface area is 130 Å². The van der Waals surface area contributed by atoms with Crippen LogP contribution in [-0.2, 0) is 19.2 Å². The maximum Gasteiger partial charge on any atom is 0.303 e. The Bertz CT molecular complexity index is 450. The van der Waals surface area contributed by atoms with Gasteiger partial charge in [-0.1, -0.05) is 0 Å². The lowest BCUT2D eigenvalue weighted by molar-refractivity contribution is -0.143. The molecule has 1 aromatic heterocycles. The highest BCUT2D eigenvalue weighted by atomic mass is 16.4. The number of rotatable bonds is 6. The van der Waals surface area contributed by atoms with Crippen LogP contribution in [0.1, 0.15) is 25.7 Å². The summed E-state index contributed by atoms with van der Waals surface area (Å²) in [6, 6.07) is 1.72. The lowest BCUT2D eigenvalue weighted by atomic mass is 10.3. The van der Waals surface area contributed by atoms with Gasteiger partial charge in [-0.05, 0) is 6.07 Å². The zero-order valence-electron chi connectivity index (χ0n) is 12.0. The Morgan fingerprint density at radius 2 is 1.00 bits per heavy atom. The molecular formula is C12H17N3O8. The van der Waals surface area contributed by atoms with Crippen LogP contribution < -0.4 is 5.73 Å². The Morgan fingerprint density at radius 1 is 0.739 bits per heavy atom. The molecule has 0 aromatic carbocycles. The summed E-state index contributed by atoms with van der Waals surface area (Å²) in [7, 11) is 0. The van der Waals surface area contributed by atoms with E-state index in [1.165, 1.54) is 0 Å². The van der Waals surface area contributed by atoms with Crippen molar-refractivity contribution in [1.29, 1.82) is 0 Å². The van der Waals surface area contributed by atoms with E-state index in [1.54, 1.807) is 18.5 Å². The normalized spacial score (nSPS) is 8.52. The van der Waals surface area contributed by atoms with Crippen LogP contribution in [0.2, 0.25) is 0 Å². The fraction of sp³-hybridized carbons (Fsp3) is 0.333. The van der Waals surface area contributed by atoms with Crippen molar-refractivity contribution in [2.75, 3.05) is 5.73 Å². The average Bonchev–Trinajstić information content (AvgIpc) is 2.45. The van der Waals surface area contributed by atoms with E-state index < -0.39 is 23.9 Å². The molecular weight excluding hydrogens is 314 g/mol. The van der Waals surface area contributed by atoms with E-state index in [4.69, 9.17) is 26.2 Å². The number of carboxylic acid groups (broad SMARTS) is 4. The fourth-order valence-electron chi connectivity index (χ4n) is 0.738. The van der Waals surface area contributed by atoms with Crippen LogP contribution in [0.3, 0.4) is 0 Å². The van der Waals surface area contributed by atoms with Crippen molar-refractivity contribution in [2.24, 2.45) is 0 Å². The first-order valence-electron chi connectivity index (χ1n) is 6.04. The highest BCUT2D eigenvalue weighted by Crippen LogP contribution is 1.86. The van der Waals surface area contributed by atoms with Gasteiger partial charge in [-0.3, -0.25) is 19.2 Å². The molecule has 0 amide bonds. The second kappa shape index (κ2) is 13.7. The van der Waals surface area contributed by atoms with Crippen molar-refractivity contribution < 1.29 is 39.6 Å². The molecule has 0 unspecified atom stereocenters. The molecule has 1 heterocycles. The molecule has 0 spiro atoms. The lowest BCUT2D eigenvalue weighted by Gasteiger charge is -1.85. The number of aliphatic carboxylic acids is 4. The Kier molecular flexibility index (Phi) is 13.2. The molecule has 11 nitrogen and oxygen atoms in total. The van der Waals surface area contributed by atoms with Crippen LogP contribution in [0, 0.1) is 0 Å². The molecule has 0 saturated heterocycles. The summed E-state index contributed by atoms with van der Waals surface area (Å²) in [6.07, 6.45) is 2.01. The van der Waals surface area contributed by atoms with E-state index in [1.807, 2.05) is 0 Å². The Morgan fingerprint density at radius 3 is 1.13 bits per heavy atom. The number of aromatic nitrogens is 2. The first kappa shape index (κ1) is 22.0. The zero-order chi connectivity index (χ0) is 18.3. The predicted molar refractivity (Wildman–Crippen MR) is 75.5 cm³/mol. The minimum atomic E-state index is -1.08. The van der Waals surface area contributed by atoms with Gasteiger partial charge in [-0.25, -0.2) is 9.97 Å². The van der Waals surface area contributed by atoms with Gasteiger partial charge in [0, 0.05) is 12.4 Å². The summed E-state index contributed by atoms with van der Waals surface area (Å²) in [5.41, 5.74) is 5.14. The maximum atomic E-state index is 9.64. The van der Waals surface area contributed by atoms with Gasteiger partial charge in [-0.2, -0.15) is 0 Å². The number of nitrogen functional groups attached to an aromatic ring is 1. The van der Waals surface area contributed by atoms with Crippen molar-refractivity contribution >= 4 is 29.8 Å². The number of nitrogens with two attached hydrogens (primary N) is 1. The summed E-state index contributed by atoms with van der Waals surface area (Å²) < 4.78 is 0. The molecule has 0 aliphatic heterocycles. The summed E-state index contributed by atoms with van der Waals surface area (Å²) >= 11 is 0. The zero-order valence-corrected chi connectivity index (χ0v) is 12.0. The molecule has 0 aliphatic rings. The molecule has 0 bridgehead atoms. The van der Waals surface area contributed by atoms with Crippen LogP contribution in [0.15, 0.2) is 18.5 Å². The van der Waals surface area contributed by atoms with Gasteiger partial charge in [0.05, 0.1) is 25.7 Å². The summed E-state index contributed by atoms with van der Waals surface area (Å²) in [5, 5.41) is 31.6. The van der Waals surface area contributed by atoms with Gasteiger partial charge in [0.15, 0.2) is 0 Å². The number of carbonyl (C=O) groups is 4. The SMILES string of the molecule is Nc1ncccn1.O=C(O)CCC(=O)O.O=C(O)CCC(=O)O. The number of hydrogen-bond donors (Lipinski definition) is 5. The molecule has 11 heteroatoms. The number of hydrogen-bond acceptors (Lipinski definition) is 7. The van der Waals surface area contributed by atoms with Crippen molar-refractivity contribution in [3.05, 3.63) is 18.5 Å². The van der Waals surface area contributed by atoms with Crippen molar-refractivity contribution in [3.8, 4) is 0 Å². The molecule has 23 heavy (non-hydrogen) atoms. The van der Waals surface area contributed by atoms with Gasteiger partial charge in [-0.15, -0.1) is 0 Å². The van der Waals surface area contributed by atoms with E-state index in [0.29, 0.717) is 5.95 Å². The third-order valence-electron chi connectivity index (χ3n) is 1.69. The number of carboxylic acids is 4. The first-order valence-corrected chi connectivity index (χ1v) is 6.04. The molecule has 6 N–H and O–H groups in total. The van der Waals surface area contributed by atoms with Gasteiger partial charge in [0.2, 0.25) is 5.95 Å². The second-order valence-corrected chi connectivity index (χ2v) is 3.68. The third-order valence-corrected chi connectivity index (χ3v) is 1.69.